The van der Waals surface area contributed by atoms with E-state index in [0.29, 0.717) is 0 Å². The summed E-state index contributed by atoms with van der Waals surface area (Å²) < 4.78 is 129. The summed E-state index contributed by atoms with van der Waals surface area (Å²) in [6.07, 6.45) is -17.8. The minimum atomic E-state index is -5.04. The smallest absolute Gasteiger partial charge is 0.333 e. The van der Waals surface area contributed by atoms with E-state index < -0.39 is 63.1 Å². The molecule has 11 heteroatoms. The highest BCUT2D eigenvalue weighted by atomic mass is 19.3. The molecule has 0 aromatic carbocycles. The third kappa shape index (κ3) is 5.19. The molecule has 0 heterocycles. The van der Waals surface area contributed by atoms with Gasteiger partial charge in [-0.3, -0.25) is 8.78 Å². The molecule has 0 bridgehead atoms. The third-order valence-corrected chi connectivity index (χ3v) is 2.51. The molecule has 0 saturated carbocycles. The molecule has 2 atom stereocenters. The van der Waals surface area contributed by atoms with Crippen molar-refractivity contribution in [3.63, 3.8) is 0 Å². The maximum Gasteiger partial charge on any atom is 0.333 e. The fourth-order valence-electron chi connectivity index (χ4n) is 1.38. The highest BCUT2D eigenvalue weighted by Gasteiger charge is 2.55. The van der Waals surface area contributed by atoms with E-state index in [2.05, 4.69) is 4.74 Å². The van der Waals surface area contributed by atoms with E-state index in [9.17, 15) is 43.9 Å². The van der Waals surface area contributed by atoms with Gasteiger partial charge in [0.2, 0.25) is 0 Å². The fourth-order valence-corrected chi connectivity index (χ4v) is 1.38. The zero-order valence-corrected chi connectivity index (χ0v) is 10.3. The molecule has 21 heavy (non-hydrogen) atoms. The molecule has 0 aliphatic rings. The van der Waals surface area contributed by atoms with E-state index in [1.165, 1.54) is 0 Å². The summed E-state index contributed by atoms with van der Waals surface area (Å²) in [7, 11) is 0. The molecule has 128 valence electrons. The van der Waals surface area contributed by atoms with Gasteiger partial charge in [-0.15, -0.1) is 0 Å². The lowest BCUT2D eigenvalue weighted by Gasteiger charge is -2.32. The van der Waals surface area contributed by atoms with Crippen molar-refractivity contribution in [2.24, 2.45) is 0 Å². The van der Waals surface area contributed by atoms with Gasteiger partial charge in [-0.1, -0.05) is 0 Å². The zero-order valence-electron chi connectivity index (χ0n) is 10.3. The molecule has 0 aromatic heterocycles. The van der Waals surface area contributed by atoms with Crippen LogP contribution in [0.5, 0.6) is 0 Å². The molecule has 0 spiro atoms. The lowest BCUT2D eigenvalue weighted by Crippen LogP contribution is -2.50. The summed E-state index contributed by atoms with van der Waals surface area (Å²) in [6.45, 7) is -3.29. The first-order valence-corrected chi connectivity index (χ1v) is 5.61. The van der Waals surface area contributed by atoms with Gasteiger partial charge in [-0.05, 0) is 0 Å². The van der Waals surface area contributed by atoms with Gasteiger partial charge in [-0.2, -0.15) is 17.6 Å². The number of ether oxygens (including phenoxy) is 1. The molecule has 0 aliphatic carbocycles. The number of hydrogen-bond donors (Lipinski definition) is 0. The van der Waals surface area contributed by atoms with Crippen molar-refractivity contribution in [2.45, 2.75) is 49.7 Å². The topological polar surface area (TPSA) is 9.23 Å². The molecule has 0 saturated heterocycles. The summed E-state index contributed by atoms with van der Waals surface area (Å²) in [6, 6.07) is 0. The van der Waals surface area contributed by atoms with Crippen molar-refractivity contribution in [1.29, 1.82) is 0 Å². The molecule has 0 amide bonds. The number of halogens is 10. The average Bonchev–Trinajstić information content (AvgIpc) is 2.36. The Hall–Kier alpha value is -0.740. The second kappa shape index (κ2) is 8.04. The summed E-state index contributed by atoms with van der Waals surface area (Å²) in [4.78, 5) is 0. The highest BCUT2D eigenvalue weighted by Crippen LogP contribution is 2.37. The number of rotatable bonds is 10. The molecular weight excluding hydrogens is 326 g/mol. The fraction of sp³-hybridized carbons (Fsp3) is 1.00. The van der Waals surface area contributed by atoms with Crippen molar-refractivity contribution in [2.75, 3.05) is 13.3 Å². The van der Waals surface area contributed by atoms with E-state index in [-0.39, 0.29) is 0 Å². The van der Waals surface area contributed by atoms with Gasteiger partial charge in [0.1, 0.15) is 12.2 Å². The summed E-state index contributed by atoms with van der Waals surface area (Å²) in [5.74, 6) is -10.1. The largest absolute Gasteiger partial charge is 0.362 e. The number of alkyl halides is 10. The van der Waals surface area contributed by atoms with Crippen molar-refractivity contribution in [3.05, 3.63) is 0 Å². The molecule has 0 aromatic rings. The second-order valence-electron chi connectivity index (χ2n) is 4.02. The Labute approximate surface area is 113 Å². The first kappa shape index (κ1) is 20.3. The van der Waals surface area contributed by atoms with Gasteiger partial charge in [0.25, 0.3) is 0 Å². The van der Waals surface area contributed by atoms with Crippen LogP contribution < -0.4 is 0 Å². The lowest BCUT2D eigenvalue weighted by molar-refractivity contribution is -0.270. The van der Waals surface area contributed by atoms with Crippen LogP contribution in [0.2, 0.25) is 0 Å². The highest BCUT2D eigenvalue weighted by molar-refractivity contribution is 4.87. The lowest BCUT2D eigenvalue weighted by atomic mass is 10.1. The first-order valence-electron chi connectivity index (χ1n) is 5.61. The number of hydrogen-bond acceptors (Lipinski definition) is 1. The summed E-state index contributed by atoms with van der Waals surface area (Å²) in [5.41, 5.74) is 0. The van der Waals surface area contributed by atoms with Crippen molar-refractivity contribution in [1.82, 2.24) is 0 Å². The maximum atomic E-state index is 13.0. The van der Waals surface area contributed by atoms with Crippen LogP contribution in [0.3, 0.4) is 0 Å². The van der Waals surface area contributed by atoms with Crippen LogP contribution in [0, 0.1) is 0 Å². The van der Waals surface area contributed by atoms with Crippen LogP contribution in [0.15, 0.2) is 0 Å². The zero-order chi connectivity index (χ0) is 16.8. The van der Waals surface area contributed by atoms with Gasteiger partial charge in [-0.25, -0.2) is 17.6 Å². The van der Waals surface area contributed by atoms with Gasteiger partial charge in [0.15, 0.2) is 0 Å². The molecule has 0 fully saturated rings. The second-order valence-corrected chi connectivity index (χ2v) is 4.02. The van der Waals surface area contributed by atoms with Gasteiger partial charge < -0.3 is 4.74 Å². The maximum absolute atomic E-state index is 13.0. The van der Waals surface area contributed by atoms with E-state index in [1.54, 1.807) is 0 Å². The predicted octanol–water partition coefficient (Wildman–Crippen LogP) is 4.26. The minimum Gasteiger partial charge on any atom is -0.362 e. The summed E-state index contributed by atoms with van der Waals surface area (Å²) >= 11 is 0. The Morgan fingerprint density at radius 2 is 0.952 bits per heavy atom. The van der Waals surface area contributed by atoms with Crippen LogP contribution in [0.4, 0.5) is 43.9 Å². The Kier molecular flexibility index (Phi) is 7.76. The normalized spacial score (nSPS) is 16.6. The predicted molar refractivity (Wildman–Crippen MR) is 51.7 cm³/mol. The van der Waals surface area contributed by atoms with Crippen molar-refractivity contribution >= 4 is 0 Å². The quantitative estimate of drug-likeness (QED) is 0.541. The van der Waals surface area contributed by atoms with E-state index in [1.807, 2.05) is 0 Å². The Balaban J connectivity index is 5.25. The van der Waals surface area contributed by atoms with E-state index >= 15 is 0 Å². The van der Waals surface area contributed by atoms with Gasteiger partial charge >= 0.3 is 24.7 Å². The Bertz CT molecular complexity index is 268. The van der Waals surface area contributed by atoms with Gasteiger partial charge in [0.05, 0.1) is 13.3 Å². The van der Waals surface area contributed by atoms with Gasteiger partial charge in [0, 0.05) is 12.8 Å². The SMILES string of the molecule is FCCC(OC(CCF)C(F)(F)C(F)F)C(F)(F)C(F)F. The molecule has 2 unspecified atom stereocenters. The van der Waals surface area contributed by atoms with Crippen LogP contribution in [0.25, 0.3) is 0 Å². The van der Waals surface area contributed by atoms with Crippen LogP contribution in [-0.2, 0) is 4.74 Å². The van der Waals surface area contributed by atoms with E-state index in [0.717, 1.165) is 0 Å². The average molecular weight is 338 g/mol. The Morgan fingerprint density at radius 3 is 1.14 bits per heavy atom. The monoisotopic (exact) mass is 338 g/mol. The molecular formula is C10H12F10O. The third-order valence-electron chi connectivity index (χ3n) is 2.51. The molecule has 0 aliphatic heterocycles. The van der Waals surface area contributed by atoms with Crippen LogP contribution in [0.1, 0.15) is 12.8 Å². The van der Waals surface area contributed by atoms with E-state index in [4.69, 9.17) is 0 Å². The minimum absolute atomic E-state index is 1.43. The van der Waals surface area contributed by atoms with Crippen LogP contribution in [-0.4, -0.2) is 50.3 Å². The standard InChI is InChI=1S/C10H12F10O/c11-3-1-5(9(17,18)7(13)14)21-6(2-4-12)10(19,20)8(15)16/h5-8H,1-4H2. The van der Waals surface area contributed by atoms with Crippen molar-refractivity contribution < 1.29 is 48.6 Å². The Morgan fingerprint density at radius 1 is 0.667 bits per heavy atom. The molecule has 1 nitrogen and oxygen atoms in total. The van der Waals surface area contributed by atoms with Crippen LogP contribution >= 0.6 is 0 Å². The molecule has 0 N–H and O–H groups in total. The molecule has 0 rings (SSSR count). The molecule has 0 radical (unpaired) electrons. The summed E-state index contributed by atoms with van der Waals surface area (Å²) in [5, 5.41) is 0. The first-order chi connectivity index (χ1) is 9.51. The van der Waals surface area contributed by atoms with Crippen molar-refractivity contribution in [3.8, 4) is 0 Å².